The molecule has 0 unspecified atom stereocenters. The Labute approximate surface area is 307 Å². The fourth-order valence-corrected chi connectivity index (χ4v) is 5.02. The molecule has 50 heavy (non-hydrogen) atoms. The Hall–Kier alpha value is -3.35. The Morgan fingerprint density at radius 3 is 1.46 bits per heavy atom. The molecule has 0 aliphatic heterocycles. The van der Waals surface area contributed by atoms with Crippen LogP contribution in [0.3, 0.4) is 0 Å². The molecule has 0 radical (unpaired) electrons. The van der Waals surface area contributed by atoms with Crippen LogP contribution in [0.15, 0.2) is 36.8 Å². The number of halogens is 4. The number of nitrogens with two attached hydrogens (primary N) is 1. The van der Waals surface area contributed by atoms with Crippen molar-refractivity contribution in [3.05, 3.63) is 77.2 Å². The highest BCUT2D eigenvalue weighted by molar-refractivity contribution is 6.33. The molecule has 3 aromatic rings. The summed E-state index contributed by atoms with van der Waals surface area (Å²) in [5.74, 6) is 0.470. The van der Waals surface area contributed by atoms with Crippen LogP contribution in [0.1, 0.15) is 38.5 Å². The standard InChI is InChI=1S/C10H11ClN2O4.C10H13ClN2O2.C5H2Cl2N2O2.C5H10O2/c1-16-7-3-8(4-7)17-10-9(13(14)15)2-6(11)5-12-10;1-14-7-3-8(4-7)15-10-9(12)2-6(11)5-13-10;6-3-1-4(9(10)11)5(7)8-2-3;1-7-5-2-4(6)3-5/h2,5,7-8H,3-4H2,1H3;2,5,7-8H,3-4,12H2,1H3;1-2H;4-6H,2-3H2,1H3. The van der Waals surface area contributed by atoms with Gasteiger partial charge in [-0.3, -0.25) is 20.2 Å². The van der Waals surface area contributed by atoms with Crippen molar-refractivity contribution < 1.29 is 38.6 Å². The smallest absolute Gasteiger partial charge is 0.332 e. The van der Waals surface area contributed by atoms with Gasteiger partial charge < -0.3 is 34.5 Å². The van der Waals surface area contributed by atoms with Crippen LogP contribution in [0, 0.1) is 20.2 Å². The molecule has 0 saturated heterocycles. The summed E-state index contributed by atoms with van der Waals surface area (Å²) in [7, 11) is 5.01. The molecule has 0 spiro atoms. The third kappa shape index (κ3) is 12.8. The highest BCUT2D eigenvalue weighted by Gasteiger charge is 2.33. The number of ether oxygens (including phenoxy) is 5. The molecule has 3 aliphatic rings. The van der Waals surface area contributed by atoms with E-state index in [0.29, 0.717) is 28.8 Å². The van der Waals surface area contributed by atoms with Crippen LogP contribution >= 0.6 is 46.4 Å². The van der Waals surface area contributed by atoms with Gasteiger partial charge >= 0.3 is 11.4 Å². The van der Waals surface area contributed by atoms with Crippen molar-refractivity contribution in [2.75, 3.05) is 27.1 Å². The second-order valence-corrected chi connectivity index (χ2v) is 12.8. The number of aliphatic hydroxyl groups excluding tert-OH is 1. The molecule has 0 aromatic carbocycles. The Morgan fingerprint density at radius 2 is 1.06 bits per heavy atom. The monoisotopic (exact) mass is 780 g/mol. The first-order chi connectivity index (χ1) is 23.7. The van der Waals surface area contributed by atoms with Crippen molar-refractivity contribution in [1.82, 2.24) is 15.0 Å². The summed E-state index contributed by atoms with van der Waals surface area (Å²) in [5, 5.41) is 30.4. The summed E-state index contributed by atoms with van der Waals surface area (Å²) in [6.45, 7) is 0. The van der Waals surface area contributed by atoms with E-state index >= 15 is 0 Å². The summed E-state index contributed by atoms with van der Waals surface area (Å²) in [6.07, 6.45) is 9.81. The van der Waals surface area contributed by atoms with E-state index in [1.807, 2.05) is 0 Å². The normalized spacial score (nSPS) is 23.0. The van der Waals surface area contributed by atoms with Gasteiger partial charge in [0.1, 0.15) is 12.2 Å². The van der Waals surface area contributed by atoms with E-state index in [-0.39, 0.29) is 56.9 Å². The summed E-state index contributed by atoms with van der Waals surface area (Å²) < 4.78 is 26.2. The topological polar surface area (TPSA) is 217 Å². The number of hydrogen-bond donors (Lipinski definition) is 2. The summed E-state index contributed by atoms with van der Waals surface area (Å²) >= 11 is 22.2. The van der Waals surface area contributed by atoms with Gasteiger partial charge in [0.05, 0.1) is 61.2 Å². The number of aromatic nitrogens is 3. The number of nitrogen functional groups attached to an aromatic ring is 1. The lowest BCUT2D eigenvalue weighted by molar-refractivity contribution is -0.386. The number of rotatable bonds is 9. The molecule has 0 atom stereocenters. The molecule has 274 valence electrons. The fraction of sp³-hybridized carbons (Fsp3) is 0.500. The zero-order chi connectivity index (χ0) is 37.0. The molecule has 0 amide bonds. The SMILES string of the molecule is COC1CC(O)C1.COC1CC(Oc2ncc(Cl)cc2N)C1.COC1CC(Oc2ncc(Cl)cc2[N+](=O)[O-])C1.O=[N+]([O-])c1cc(Cl)cnc1Cl. The van der Waals surface area contributed by atoms with Gasteiger partial charge in [-0.25, -0.2) is 15.0 Å². The highest BCUT2D eigenvalue weighted by Crippen LogP contribution is 2.33. The molecule has 3 N–H and O–H groups in total. The molecule has 16 nitrogen and oxygen atoms in total. The van der Waals surface area contributed by atoms with E-state index in [4.69, 9.17) is 80.9 Å². The number of anilines is 1. The lowest BCUT2D eigenvalue weighted by Gasteiger charge is -2.33. The predicted octanol–water partition coefficient (Wildman–Crippen LogP) is 6.53. The zero-order valence-corrected chi connectivity index (χ0v) is 30.1. The quantitative estimate of drug-likeness (QED) is 0.134. The van der Waals surface area contributed by atoms with Crippen molar-refractivity contribution in [2.24, 2.45) is 0 Å². The highest BCUT2D eigenvalue weighted by atomic mass is 35.5. The van der Waals surface area contributed by atoms with E-state index in [1.165, 1.54) is 24.7 Å². The molecule has 3 heterocycles. The van der Waals surface area contributed by atoms with E-state index in [9.17, 15) is 20.2 Å². The average molecular weight is 782 g/mol. The number of pyridine rings is 3. The summed E-state index contributed by atoms with van der Waals surface area (Å²) in [5.41, 5.74) is 5.70. The third-order valence-electron chi connectivity index (χ3n) is 7.55. The van der Waals surface area contributed by atoms with Gasteiger partial charge in [0.2, 0.25) is 11.0 Å². The first-order valence-corrected chi connectivity index (χ1v) is 16.5. The molecule has 3 saturated carbocycles. The lowest BCUT2D eigenvalue weighted by atomic mass is 9.92. The van der Waals surface area contributed by atoms with Crippen molar-refractivity contribution in [3.63, 3.8) is 0 Å². The Morgan fingerprint density at radius 1 is 0.660 bits per heavy atom. The minimum Gasteiger partial charge on any atom is -0.473 e. The van der Waals surface area contributed by atoms with Crippen LogP contribution in [-0.2, 0) is 14.2 Å². The Kier molecular flexibility index (Phi) is 16.3. The van der Waals surface area contributed by atoms with E-state index in [2.05, 4.69) is 15.0 Å². The van der Waals surface area contributed by atoms with Gasteiger partial charge in [0.15, 0.2) is 0 Å². The number of nitro groups is 2. The Bertz CT molecular complexity index is 1580. The molecule has 0 bridgehead atoms. The molecular formula is C30H36Cl4N6O10. The van der Waals surface area contributed by atoms with Crippen LogP contribution in [0.2, 0.25) is 20.2 Å². The molecule has 20 heteroatoms. The number of methoxy groups -OCH3 is 3. The first kappa shape index (κ1) is 41.1. The van der Waals surface area contributed by atoms with Crippen LogP contribution in [0.25, 0.3) is 0 Å². The van der Waals surface area contributed by atoms with Crippen molar-refractivity contribution in [3.8, 4) is 11.8 Å². The van der Waals surface area contributed by atoms with Crippen LogP contribution in [-0.4, -0.2) is 87.9 Å². The van der Waals surface area contributed by atoms with Crippen LogP contribution in [0.5, 0.6) is 11.8 Å². The molecule has 3 aliphatic carbocycles. The second kappa shape index (κ2) is 19.9. The minimum atomic E-state index is -0.638. The summed E-state index contributed by atoms with van der Waals surface area (Å²) in [6, 6.07) is 4.02. The van der Waals surface area contributed by atoms with Gasteiger partial charge in [-0.05, 0) is 18.9 Å². The maximum Gasteiger partial charge on any atom is 0.332 e. The number of nitrogens with zero attached hydrogens (tertiary/aromatic N) is 5. The van der Waals surface area contributed by atoms with Gasteiger partial charge in [-0.2, -0.15) is 0 Å². The minimum absolute atomic E-state index is 0.0129. The van der Waals surface area contributed by atoms with Gasteiger partial charge in [0.25, 0.3) is 5.88 Å². The van der Waals surface area contributed by atoms with Crippen molar-refractivity contribution in [1.29, 1.82) is 0 Å². The largest absolute Gasteiger partial charge is 0.473 e. The maximum absolute atomic E-state index is 10.8. The average Bonchev–Trinajstić information content (AvgIpc) is 3.02. The van der Waals surface area contributed by atoms with E-state index in [1.54, 1.807) is 27.4 Å². The maximum atomic E-state index is 10.8. The van der Waals surface area contributed by atoms with Crippen molar-refractivity contribution in [2.45, 2.75) is 75.1 Å². The van der Waals surface area contributed by atoms with Gasteiger partial charge in [-0.1, -0.05) is 46.4 Å². The van der Waals surface area contributed by atoms with E-state index < -0.39 is 9.85 Å². The molecular weight excluding hydrogens is 746 g/mol. The predicted molar refractivity (Wildman–Crippen MR) is 185 cm³/mol. The molecule has 3 aromatic heterocycles. The van der Waals surface area contributed by atoms with E-state index in [0.717, 1.165) is 44.6 Å². The van der Waals surface area contributed by atoms with Crippen molar-refractivity contribution >= 4 is 63.5 Å². The third-order valence-corrected chi connectivity index (χ3v) is 8.47. The van der Waals surface area contributed by atoms with Gasteiger partial charge in [0, 0.05) is 71.5 Å². The Balaban J connectivity index is 0.000000188. The number of hydrogen-bond acceptors (Lipinski definition) is 14. The molecule has 3 fully saturated rings. The first-order valence-electron chi connectivity index (χ1n) is 15.0. The van der Waals surface area contributed by atoms with Crippen LogP contribution < -0.4 is 15.2 Å². The molecule has 6 rings (SSSR count). The zero-order valence-electron chi connectivity index (χ0n) is 27.1. The van der Waals surface area contributed by atoms with Crippen LogP contribution in [0.4, 0.5) is 17.1 Å². The lowest BCUT2D eigenvalue weighted by Crippen LogP contribution is -2.39. The fourth-order valence-electron chi connectivity index (χ4n) is 4.38. The summed E-state index contributed by atoms with van der Waals surface area (Å²) in [4.78, 5) is 31.1. The second-order valence-electron chi connectivity index (χ2n) is 11.1. The number of aliphatic hydroxyl groups is 1. The van der Waals surface area contributed by atoms with Gasteiger partial charge in [-0.15, -0.1) is 0 Å².